The average molecular weight is 287 g/mol. The fourth-order valence-electron chi connectivity index (χ4n) is 1.34. The number of carbonyl (C=O) groups is 2. The quantitative estimate of drug-likeness (QED) is 0.661. The van der Waals surface area contributed by atoms with Crippen LogP contribution in [0.5, 0.6) is 0 Å². The summed E-state index contributed by atoms with van der Waals surface area (Å²) in [7, 11) is 0. The predicted octanol–water partition coefficient (Wildman–Crippen LogP) is 1.61. The molecule has 1 aromatic carbocycles. The molecule has 1 rings (SSSR count). The minimum Gasteiger partial charge on any atom is -0.479 e. The van der Waals surface area contributed by atoms with E-state index in [1.807, 2.05) is 6.92 Å². The van der Waals surface area contributed by atoms with E-state index in [-0.39, 0.29) is 13.0 Å². The predicted molar refractivity (Wildman–Crippen MR) is 71.5 cm³/mol. The lowest BCUT2D eigenvalue weighted by molar-refractivity contribution is -0.146. The van der Waals surface area contributed by atoms with Crippen LogP contribution >= 0.6 is 11.6 Å². The van der Waals surface area contributed by atoms with E-state index in [4.69, 9.17) is 21.8 Å². The van der Waals surface area contributed by atoms with Gasteiger partial charge in [-0.2, -0.15) is 0 Å². The summed E-state index contributed by atoms with van der Waals surface area (Å²) in [5.74, 6) is -1.31. The molecule has 0 bridgehead atoms. The van der Waals surface area contributed by atoms with E-state index in [2.05, 4.69) is 10.6 Å². The van der Waals surface area contributed by atoms with Crippen LogP contribution in [-0.2, 0) is 4.79 Å². The number of benzene rings is 1. The molecule has 6 nitrogen and oxygen atoms in total. The zero-order valence-corrected chi connectivity index (χ0v) is 11.1. The van der Waals surface area contributed by atoms with Gasteiger partial charge in [-0.3, -0.25) is 0 Å². The fourth-order valence-corrected chi connectivity index (χ4v) is 1.51. The molecule has 19 heavy (non-hydrogen) atoms. The second-order valence-corrected chi connectivity index (χ2v) is 4.42. The van der Waals surface area contributed by atoms with Crippen molar-refractivity contribution < 1.29 is 19.8 Å². The molecule has 0 saturated carbocycles. The van der Waals surface area contributed by atoms with Crippen LogP contribution in [0.2, 0.25) is 5.02 Å². The number of urea groups is 1. The maximum atomic E-state index is 11.5. The van der Waals surface area contributed by atoms with Crippen LogP contribution in [0.25, 0.3) is 0 Å². The van der Waals surface area contributed by atoms with Gasteiger partial charge in [0.15, 0.2) is 6.10 Å². The number of aryl methyl sites for hydroxylation is 1. The summed E-state index contributed by atoms with van der Waals surface area (Å²) in [4.78, 5) is 21.9. The maximum Gasteiger partial charge on any atom is 0.332 e. The number of aliphatic carboxylic acids is 1. The summed E-state index contributed by atoms with van der Waals surface area (Å²) in [5.41, 5.74) is 1.42. The first-order chi connectivity index (χ1) is 8.90. The summed E-state index contributed by atoms with van der Waals surface area (Å²) in [6, 6.07) is 4.61. The van der Waals surface area contributed by atoms with Gasteiger partial charge in [0.2, 0.25) is 0 Å². The third-order valence-electron chi connectivity index (χ3n) is 2.44. The molecule has 0 aliphatic carbocycles. The van der Waals surface area contributed by atoms with Crippen LogP contribution in [0, 0.1) is 6.92 Å². The summed E-state index contributed by atoms with van der Waals surface area (Å²) in [6.07, 6.45) is -1.54. The van der Waals surface area contributed by atoms with Gasteiger partial charge in [-0.15, -0.1) is 0 Å². The number of hydrogen-bond donors (Lipinski definition) is 4. The van der Waals surface area contributed by atoms with Crippen molar-refractivity contribution in [3.63, 3.8) is 0 Å². The van der Waals surface area contributed by atoms with E-state index in [0.29, 0.717) is 10.7 Å². The highest BCUT2D eigenvalue weighted by atomic mass is 35.5. The van der Waals surface area contributed by atoms with Crippen LogP contribution in [0.1, 0.15) is 12.0 Å². The number of amides is 2. The van der Waals surface area contributed by atoms with Crippen molar-refractivity contribution in [1.29, 1.82) is 0 Å². The molecule has 0 aromatic heterocycles. The third-order valence-corrected chi connectivity index (χ3v) is 2.67. The number of rotatable bonds is 5. The Bertz CT molecular complexity index is 479. The molecule has 0 saturated heterocycles. The van der Waals surface area contributed by atoms with E-state index >= 15 is 0 Å². The third kappa shape index (κ3) is 5.15. The van der Waals surface area contributed by atoms with Gasteiger partial charge in [-0.25, -0.2) is 9.59 Å². The van der Waals surface area contributed by atoms with Gasteiger partial charge < -0.3 is 20.8 Å². The van der Waals surface area contributed by atoms with Crippen LogP contribution in [0.3, 0.4) is 0 Å². The van der Waals surface area contributed by atoms with Crippen molar-refractivity contribution in [2.75, 3.05) is 11.9 Å². The first kappa shape index (κ1) is 15.3. The first-order valence-corrected chi connectivity index (χ1v) is 6.00. The molecule has 7 heteroatoms. The SMILES string of the molecule is Cc1ccc(Cl)cc1NC(=O)NCCC(O)C(=O)O. The Kier molecular flexibility index (Phi) is 5.59. The van der Waals surface area contributed by atoms with Crippen LogP contribution in [0.4, 0.5) is 10.5 Å². The number of halogens is 1. The van der Waals surface area contributed by atoms with Gasteiger partial charge in [-0.05, 0) is 24.6 Å². The van der Waals surface area contributed by atoms with Crippen LogP contribution in [-0.4, -0.2) is 34.9 Å². The number of carbonyl (C=O) groups excluding carboxylic acids is 1. The minimum atomic E-state index is -1.48. The highest BCUT2D eigenvalue weighted by Gasteiger charge is 2.13. The lowest BCUT2D eigenvalue weighted by Gasteiger charge is -2.11. The Hall–Kier alpha value is -1.79. The van der Waals surface area contributed by atoms with Gasteiger partial charge >= 0.3 is 12.0 Å². The topological polar surface area (TPSA) is 98.7 Å². The van der Waals surface area contributed by atoms with Gasteiger partial charge in [0.05, 0.1) is 0 Å². The Morgan fingerprint density at radius 1 is 1.42 bits per heavy atom. The Balaban J connectivity index is 2.43. The van der Waals surface area contributed by atoms with Gasteiger partial charge in [0.1, 0.15) is 0 Å². The first-order valence-electron chi connectivity index (χ1n) is 5.62. The van der Waals surface area contributed by atoms with Crippen LogP contribution < -0.4 is 10.6 Å². The maximum absolute atomic E-state index is 11.5. The lowest BCUT2D eigenvalue weighted by atomic mass is 10.2. The second-order valence-electron chi connectivity index (χ2n) is 3.98. The molecule has 1 unspecified atom stereocenters. The molecular formula is C12H15ClN2O4. The standard InChI is InChI=1S/C12H15ClN2O4/c1-7-2-3-8(13)6-9(7)15-12(19)14-5-4-10(16)11(17)18/h2-3,6,10,16H,4-5H2,1H3,(H,17,18)(H2,14,15,19). The van der Waals surface area contributed by atoms with Crippen molar-refractivity contribution in [3.8, 4) is 0 Å². The average Bonchev–Trinajstić information content (AvgIpc) is 2.33. The normalized spacial score (nSPS) is 11.7. The Morgan fingerprint density at radius 3 is 2.74 bits per heavy atom. The smallest absolute Gasteiger partial charge is 0.332 e. The highest BCUT2D eigenvalue weighted by Crippen LogP contribution is 2.19. The van der Waals surface area contributed by atoms with E-state index in [1.54, 1.807) is 18.2 Å². The lowest BCUT2D eigenvalue weighted by Crippen LogP contribution is -2.33. The molecule has 1 atom stereocenters. The summed E-state index contributed by atoms with van der Waals surface area (Å²) in [6.45, 7) is 1.87. The molecule has 104 valence electrons. The van der Waals surface area contributed by atoms with Crippen LogP contribution in [0.15, 0.2) is 18.2 Å². The van der Waals surface area contributed by atoms with Gasteiger partial charge in [0.25, 0.3) is 0 Å². The van der Waals surface area contributed by atoms with E-state index < -0.39 is 18.1 Å². The monoisotopic (exact) mass is 286 g/mol. The number of anilines is 1. The number of aliphatic hydroxyl groups is 1. The second kappa shape index (κ2) is 6.96. The van der Waals surface area contributed by atoms with E-state index in [0.717, 1.165) is 5.56 Å². The molecule has 0 aliphatic heterocycles. The van der Waals surface area contributed by atoms with Crippen molar-refractivity contribution in [1.82, 2.24) is 5.32 Å². The molecule has 0 fully saturated rings. The largest absolute Gasteiger partial charge is 0.479 e. The minimum absolute atomic E-state index is 0.0545. The molecule has 4 N–H and O–H groups in total. The zero-order chi connectivity index (χ0) is 14.4. The zero-order valence-electron chi connectivity index (χ0n) is 10.3. The van der Waals surface area contributed by atoms with Gasteiger partial charge in [-0.1, -0.05) is 17.7 Å². The molecular weight excluding hydrogens is 272 g/mol. The van der Waals surface area contributed by atoms with Crippen molar-refractivity contribution in [3.05, 3.63) is 28.8 Å². The van der Waals surface area contributed by atoms with Crippen molar-refractivity contribution >= 4 is 29.3 Å². The van der Waals surface area contributed by atoms with Crippen molar-refractivity contribution in [2.45, 2.75) is 19.4 Å². The highest BCUT2D eigenvalue weighted by molar-refractivity contribution is 6.31. The van der Waals surface area contributed by atoms with Crippen molar-refractivity contribution in [2.24, 2.45) is 0 Å². The van der Waals surface area contributed by atoms with E-state index in [9.17, 15) is 9.59 Å². The number of aliphatic hydroxyl groups excluding tert-OH is 1. The summed E-state index contributed by atoms with van der Waals surface area (Å²) in [5, 5.41) is 23.0. The summed E-state index contributed by atoms with van der Waals surface area (Å²) >= 11 is 5.81. The Morgan fingerprint density at radius 2 is 2.11 bits per heavy atom. The number of nitrogens with one attached hydrogen (secondary N) is 2. The molecule has 0 aliphatic rings. The number of carboxylic acids is 1. The number of carboxylic acid groups (broad SMARTS) is 1. The van der Waals surface area contributed by atoms with E-state index in [1.165, 1.54) is 0 Å². The molecule has 0 heterocycles. The number of hydrogen-bond acceptors (Lipinski definition) is 3. The summed E-state index contributed by atoms with van der Waals surface area (Å²) < 4.78 is 0. The Labute approximate surface area is 115 Å². The molecule has 1 aromatic rings. The molecule has 2 amide bonds. The molecule has 0 spiro atoms. The molecule has 0 radical (unpaired) electrons. The fraction of sp³-hybridized carbons (Fsp3) is 0.333. The van der Waals surface area contributed by atoms with Gasteiger partial charge in [0, 0.05) is 23.7 Å².